The minimum absolute atomic E-state index is 0.121. The van der Waals surface area contributed by atoms with Gasteiger partial charge in [-0.1, -0.05) is 27.2 Å². The van der Waals surface area contributed by atoms with Crippen LogP contribution in [-0.2, 0) is 13.1 Å². The predicted octanol–water partition coefficient (Wildman–Crippen LogP) is 2.05. The Labute approximate surface area is 163 Å². The molecule has 0 aromatic carbocycles. The van der Waals surface area contributed by atoms with E-state index in [0.717, 1.165) is 18.6 Å². The SMILES string of the molecule is CCCCN(C(=S)NCc1ccco1)c1c(N)n(CC(C)C)c(=O)[nH]c1=O. The van der Waals surface area contributed by atoms with Gasteiger partial charge in [0.1, 0.15) is 11.6 Å². The summed E-state index contributed by atoms with van der Waals surface area (Å²) in [7, 11) is 0. The van der Waals surface area contributed by atoms with Crippen LogP contribution in [0, 0.1) is 5.92 Å². The highest BCUT2D eigenvalue weighted by Crippen LogP contribution is 2.19. The maximum absolute atomic E-state index is 12.5. The van der Waals surface area contributed by atoms with Gasteiger partial charge in [-0.25, -0.2) is 4.79 Å². The number of nitrogens with zero attached hydrogens (tertiary/aromatic N) is 2. The Morgan fingerprint density at radius 2 is 2.19 bits per heavy atom. The molecule has 8 nitrogen and oxygen atoms in total. The maximum atomic E-state index is 12.5. The third-order valence-electron chi connectivity index (χ3n) is 4.01. The van der Waals surface area contributed by atoms with Gasteiger partial charge in [0, 0.05) is 13.1 Å². The van der Waals surface area contributed by atoms with Gasteiger partial charge in [0.05, 0.1) is 12.8 Å². The van der Waals surface area contributed by atoms with Gasteiger partial charge >= 0.3 is 5.69 Å². The van der Waals surface area contributed by atoms with Gasteiger partial charge in [0.15, 0.2) is 10.8 Å². The zero-order valence-electron chi connectivity index (χ0n) is 15.9. The van der Waals surface area contributed by atoms with E-state index < -0.39 is 11.2 Å². The van der Waals surface area contributed by atoms with Gasteiger partial charge in [-0.15, -0.1) is 0 Å². The Hall–Kier alpha value is -2.55. The number of furan rings is 1. The first-order chi connectivity index (χ1) is 12.8. The molecule has 0 aliphatic heterocycles. The molecule has 0 fully saturated rings. The monoisotopic (exact) mass is 393 g/mol. The van der Waals surface area contributed by atoms with Crippen LogP contribution in [0.25, 0.3) is 0 Å². The van der Waals surface area contributed by atoms with Crippen LogP contribution in [0.15, 0.2) is 32.4 Å². The quantitative estimate of drug-likeness (QED) is 0.589. The van der Waals surface area contributed by atoms with Crippen LogP contribution in [0.4, 0.5) is 11.5 Å². The molecule has 0 aliphatic carbocycles. The number of anilines is 2. The Balaban J connectivity index is 2.38. The van der Waals surface area contributed by atoms with Gasteiger partial charge in [-0.3, -0.25) is 14.3 Å². The van der Waals surface area contributed by atoms with Gasteiger partial charge in [-0.05, 0) is 36.7 Å². The van der Waals surface area contributed by atoms with Crippen LogP contribution >= 0.6 is 12.2 Å². The standard InChI is InChI=1S/C18H27N5O3S/c1-4-5-8-22(18(27)20-10-13-7-6-9-26-13)14-15(19)23(11-12(2)3)17(25)21-16(14)24/h6-7,9,12H,4-5,8,10-11,19H2,1-3H3,(H,20,27)(H,21,24,25). The lowest BCUT2D eigenvalue weighted by Gasteiger charge is -2.27. The highest BCUT2D eigenvalue weighted by atomic mass is 32.1. The van der Waals surface area contributed by atoms with E-state index in [1.54, 1.807) is 17.2 Å². The topological polar surface area (TPSA) is 109 Å². The lowest BCUT2D eigenvalue weighted by molar-refractivity contribution is 0.502. The Kier molecular flexibility index (Phi) is 7.23. The summed E-state index contributed by atoms with van der Waals surface area (Å²) in [6.45, 7) is 7.29. The zero-order chi connectivity index (χ0) is 20.0. The molecule has 0 aliphatic rings. The molecule has 0 unspecified atom stereocenters. The number of nitrogens with one attached hydrogen (secondary N) is 2. The molecular weight excluding hydrogens is 366 g/mol. The molecule has 0 spiro atoms. The summed E-state index contributed by atoms with van der Waals surface area (Å²) in [5, 5.41) is 3.44. The van der Waals surface area contributed by atoms with E-state index in [0.29, 0.717) is 24.7 Å². The fourth-order valence-electron chi connectivity index (χ4n) is 2.69. The Bertz CT molecular complexity index is 870. The fraction of sp³-hybridized carbons (Fsp3) is 0.500. The van der Waals surface area contributed by atoms with Gasteiger partial charge in [0.25, 0.3) is 5.56 Å². The molecule has 9 heteroatoms. The third kappa shape index (κ3) is 5.22. The number of H-pyrrole nitrogens is 1. The molecule has 2 rings (SSSR count). The molecule has 0 saturated heterocycles. The summed E-state index contributed by atoms with van der Waals surface area (Å²) >= 11 is 5.50. The smallest absolute Gasteiger partial charge is 0.330 e. The number of hydrogen-bond acceptors (Lipinski definition) is 5. The van der Waals surface area contributed by atoms with Crippen LogP contribution in [0.1, 0.15) is 39.4 Å². The summed E-state index contributed by atoms with van der Waals surface area (Å²) in [5.41, 5.74) is 5.37. The largest absolute Gasteiger partial charge is 0.467 e. The molecule has 148 valence electrons. The van der Waals surface area contributed by atoms with E-state index in [9.17, 15) is 9.59 Å². The molecule has 0 atom stereocenters. The predicted molar refractivity (Wildman–Crippen MR) is 111 cm³/mol. The molecule has 2 heterocycles. The molecule has 0 radical (unpaired) electrons. The first kappa shape index (κ1) is 20.8. The first-order valence-corrected chi connectivity index (χ1v) is 9.46. The number of thiocarbonyl (C=S) groups is 1. The molecule has 4 N–H and O–H groups in total. The molecule has 2 aromatic heterocycles. The van der Waals surface area contributed by atoms with Crippen molar-refractivity contribution < 1.29 is 4.42 Å². The average molecular weight is 394 g/mol. The number of nitrogen functional groups attached to an aromatic ring is 1. The van der Waals surface area contributed by atoms with Crippen molar-refractivity contribution >= 4 is 28.8 Å². The summed E-state index contributed by atoms with van der Waals surface area (Å²) < 4.78 is 6.68. The molecular formula is C18H27N5O3S. The van der Waals surface area contributed by atoms with Crippen molar-refractivity contribution in [2.75, 3.05) is 17.2 Å². The number of nitrogens with two attached hydrogens (primary N) is 1. The summed E-state index contributed by atoms with van der Waals surface area (Å²) in [5.74, 6) is 1.03. The zero-order valence-corrected chi connectivity index (χ0v) is 16.8. The second-order valence-corrected chi connectivity index (χ2v) is 7.13. The Morgan fingerprint density at radius 1 is 1.44 bits per heavy atom. The van der Waals surface area contributed by atoms with Crippen molar-refractivity contribution in [3.05, 3.63) is 45.0 Å². The number of aromatic amines is 1. The maximum Gasteiger partial charge on any atom is 0.330 e. The molecule has 0 saturated carbocycles. The van der Waals surface area contributed by atoms with Crippen molar-refractivity contribution in [2.24, 2.45) is 5.92 Å². The van der Waals surface area contributed by atoms with Crippen molar-refractivity contribution in [2.45, 2.75) is 46.7 Å². The van der Waals surface area contributed by atoms with E-state index in [-0.39, 0.29) is 17.4 Å². The van der Waals surface area contributed by atoms with Crippen molar-refractivity contribution in [3.63, 3.8) is 0 Å². The van der Waals surface area contributed by atoms with Gasteiger partial charge < -0.3 is 20.4 Å². The van der Waals surface area contributed by atoms with Crippen LogP contribution in [0.3, 0.4) is 0 Å². The first-order valence-electron chi connectivity index (χ1n) is 9.05. The van der Waals surface area contributed by atoms with E-state index in [1.165, 1.54) is 4.57 Å². The summed E-state index contributed by atoms with van der Waals surface area (Å²) in [6.07, 6.45) is 3.31. The normalized spacial score (nSPS) is 11.0. The van der Waals surface area contributed by atoms with E-state index in [2.05, 4.69) is 10.3 Å². The van der Waals surface area contributed by atoms with E-state index in [1.807, 2.05) is 26.8 Å². The number of rotatable bonds is 8. The Morgan fingerprint density at radius 3 is 2.78 bits per heavy atom. The number of hydrogen-bond donors (Lipinski definition) is 3. The summed E-state index contributed by atoms with van der Waals surface area (Å²) in [4.78, 5) is 28.7. The molecule has 0 amide bonds. The van der Waals surface area contributed by atoms with Crippen LogP contribution < -0.4 is 27.2 Å². The summed E-state index contributed by atoms with van der Waals surface area (Å²) in [6, 6.07) is 3.62. The molecule has 27 heavy (non-hydrogen) atoms. The van der Waals surface area contributed by atoms with Crippen LogP contribution in [0.2, 0.25) is 0 Å². The fourth-order valence-corrected chi connectivity index (χ4v) is 2.94. The molecule has 0 bridgehead atoms. The van der Waals surface area contributed by atoms with Crippen LogP contribution in [-0.4, -0.2) is 21.2 Å². The lowest BCUT2D eigenvalue weighted by Crippen LogP contribution is -2.45. The minimum Gasteiger partial charge on any atom is -0.467 e. The average Bonchev–Trinajstić information content (AvgIpc) is 3.12. The van der Waals surface area contributed by atoms with Crippen molar-refractivity contribution in [1.29, 1.82) is 0 Å². The third-order valence-corrected chi connectivity index (χ3v) is 4.37. The number of unbranched alkanes of at least 4 members (excludes halogenated alkanes) is 1. The second-order valence-electron chi connectivity index (χ2n) is 6.74. The van der Waals surface area contributed by atoms with Crippen LogP contribution in [0.5, 0.6) is 0 Å². The van der Waals surface area contributed by atoms with Gasteiger partial charge in [-0.2, -0.15) is 0 Å². The van der Waals surface area contributed by atoms with E-state index >= 15 is 0 Å². The van der Waals surface area contributed by atoms with Gasteiger partial charge in [0.2, 0.25) is 0 Å². The molecule has 2 aromatic rings. The number of aromatic nitrogens is 2. The van der Waals surface area contributed by atoms with E-state index in [4.69, 9.17) is 22.4 Å². The minimum atomic E-state index is -0.546. The van der Waals surface area contributed by atoms with Crippen molar-refractivity contribution in [3.8, 4) is 0 Å². The van der Waals surface area contributed by atoms with Crippen molar-refractivity contribution in [1.82, 2.24) is 14.9 Å². The highest BCUT2D eigenvalue weighted by molar-refractivity contribution is 7.80. The highest BCUT2D eigenvalue weighted by Gasteiger charge is 2.22. The lowest BCUT2D eigenvalue weighted by atomic mass is 10.2. The second kappa shape index (κ2) is 9.40.